The zero-order valence-corrected chi connectivity index (χ0v) is 12.0. The molecular formula is C16H20N2O2. The van der Waals surface area contributed by atoms with E-state index in [1.54, 1.807) is 0 Å². The van der Waals surface area contributed by atoms with Crippen LogP contribution in [0.1, 0.15) is 47.0 Å². The van der Waals surface area contributed by atoms with Crippen LogP contribution in [0.25, 0.3) is 0 Å². The molecule has 1 aromatic heterocycles. The zero-order chi connectivity index (χ0) is 14.1. The number of ether oxygens (including phenoxy) is 1. The molecule has 0 amide bonds. The van der Waals surface area contributed by atoms with Gasteiger partial charge in [-0.2, -0.15) is 0 Å². The fourth-order valence-electron chi connectivity index (χ4n) is 2.77. The normalized spacial score (nSPS) is 17.9. The molecule has 0 saturated carbocycles. The van der Waals surface area contributed by atoms with E-state index in [9.17, 15) is 0 Å². The van der Waals surface area contributed by atoms with Gasteiger partial charge in [-0.3, -0.25) is 0 Å². The Labute approximate surface area is 118 Å². The van der Waals surface area contributed by atoms with E-state index in [0.717, 1.165) is 35.6 Å². The summed E-state index contributed by atoms with van der Waals surface area (Å²) in [4.78, 5) is 0. The van der Waals surface area contributed by atoms with Gasteiger partial charge in [-0.05, 0) is 56.4 Å². The van der Waals surface area contributed by atoms with Crippen molar-refractivity contribution in [1.82, 2.24) is 5.16 Å². The minimum atomic E-state index is 0.140. The van der Waals surface area contributed by atoms with Crippen molar-refractivity contribution in [2.75, 3.05) is 0 Å². The lowest BCUT2D eigenvalue weighted by Gasteiger charge is -2.22. The SMILES string of the molecule is Cc1noc(C)c1COc1ccc2c(c1)C(N)CCC2. The Balaban J connectivity index is 1.77. The van der Waals surface area contributed by atoms with Gasteiger partial charge in [0.25, 0.3) is 0 Å². The van der Waals surface area contributed by atoms with Gasteiger partial charge >= 0.3 is 0 Å². The van der Waals surface area contributed by atoms with E-state index in [2.05, 4.69) is 17.3 Å². The molecule has 2 aromatic rings. The van der Waals surface area contributed by atoms with E-state index in [1.807, 2.05) is 19.9 Å². The smallest absolute Gasteiger partial charge is 0.140 e. The van der Waals surface area contributed by atoms with Crippen LogP contribution in [0.2, 0.25) is 0 Å². The summed E-state index contributed by atoms with van der Waals surface area (Å²) < 4.78 is 11.0. The number of nitrogens with two attached hydrogens (primary N) is 1. The van der Waals surface area contributed by atoms with Crippen LogP contribution in [-0.2, 0) is 13.0 Å². The van der Waals surface area contributed by atoms with Gasteiger partial charge in [0.2, 0.25) is 0 Å². The van der Waals surface area contributed by atoms with Gasteiger partial charge in [-0.25, -0.2) is 0 Å². The quantitative estimate of drug-likeness (QED) is 0.932. The molecule has 1 aliphatic carbocycles. The molecule has 4 nitrogen and oxygen atoms in total. The molecule has 3 rings (SSSR count). The summed E-state index contributed by atoms with van der Waals surface area (Å²) in [5.74, 6) is 1.68. The highest BCUT2D eigenvalue weighted by Gasteiger charge is 2.17. The van der Waals surface area contributed by atoms with Crippen LogP contribution < -0.4 is 10.5 Å². The van der Waals surface area contributed by atoms with Crippen molar-refractivity contribution < 1.29 is 9.26 Å². The molecule has 1 aromatic carbocycles. The van der Waals surface area contributed by atoms with Gasteiger partial charge < -0.3 is 15.0 Å². The monoisotopic (exact) mass is 272 g/mol. The van der Waals surface area contributed by atoms with Gasteiger partial charge in [0.1, 0.15) is 18.1 Å². The molecule has 20 heavy (non-hydrogen) atoms. The van der Waals surface area contributed by atoms with Crippen LogP contribution in [0.15, 0.2) is 22.7 Å². The lowest BCUT2D eigenvalue weighted by molar-refractivity contribution is 0.301. The van der Waals surface area contributed by atoms with E-state index >= 15 is 0 Å². The minimum absolute atomic E-state index is 0.140. The largest absolute Gasteiger partial charge is 0.489 e. The van der Waals surface area contributed by atoms with E-state index < -0.39 is 0 Å². The number of hydrogen-bond acceptors (Lipinski definition) is 4. The van der Waals surface area contributed by atoms with Crippen LogP contribution in [-0.4, -0.2) is 5.16 Å². The summed E-state index contributed by atoms with van der Waals surface area (Å²) in [6.07, 6.45) is 3.35. The molecule has 0 fully saturated rings. The predicted molar refractivity (Wildman–Crippen MR) is 76.6 cm³/mol. The van der Waals surface area contributed by atoms with Crippen LogP contribution in [0, 0.1) is 13.8 Å². The predicted octanol–water partition coefficient (Wildman–Crippen LogP) is 3.21. The summed E-state index contributed by atoms with van der Waals surface area (Å²) in [5.41, 5.74) is 10.7. The Morgan fingerprint density at radius 2 is 2.25 bits per heavy atom. The van der Waals surface area contributed by atoms with Crippen molar-refractivity contribution in [2.45, 2.75) is 45.8 Å². The lowest BCUT2D eigenvalue weighted by Crippen LogP contribution is -2.17. The molecule has 0 spiro atoms. The topological polar surface area (TPSA) is 61.3 Å². The third kappa shape index (κ3) is 2.43. The molecule has 0 radical (unpaired) electrons. The molecule has 1 heterocycles. The van der Waals surface area contributed by atoms with Crippen LogP contribution in [0.4, 0.5) is 0 Å². The number of fused-ring (bicyclic) bond motifs is 1. The first-order valence-corrected chi connectivity index (χ1v) is 7.08. The fraction of sp³-hybridized carbons (Fsp3) is 0.438. The first kappa shape index (κ1) is 13.2. The average Bonchev–Trinajstić information content (AvgIpc) is 2.76. The highest BCUT2D eigenvalue weighted by molar-refractivity contribution is 5.39. The number of aryl methyl sites for hydroxylation is 3. The van der Waals surface area contributed by atoms with Gasteiger partial charge in [-0.1, -0.05) is 11.2 Å². The summed E-state index contributed by atoms with van der Waals surface area (Å²) in [5, 5.41) is 3.94. The molecule has 4 heteroatoms. The second-order valence-electron chi connectivity index (χ2n) is 5.45. The van der Waals surface area contributed by atoms with Crippen LogP contribution in [0.3, 0.4) is 0 Å². The van der Waals surface area contributed by atoms with Gasteiger partial charge in [-0.15, -0.1) is 0 Å². The molecule has 0 saturated heterocycles. The Morgan fingerprint density at radius 3 is 3.00 bits per heavy atom. The second kappa shape index (κ2) is 5.29. The highest BCUT2D eigenvalue weighted by Crippen LogP contribution is 2.31. The fourth-order valence-corrected chi connectivity index (χ4v) is 2.77. The third-order valence-electron chi connectivity index (χ3n) is 4.04. The number of hydrogen-bond donors (Lipinski definition) is 1. The van der Waals surface area contributed by atoms with Crippen molar-refractivity contribution >= 4 is 0 Å². The molecule has 1 aliphatic rings. The van der Waals surface area contributed by atoms with Crippen LogP contribution in [0.5, 0.6) is 5.75 Å². The maximum Gasteiger partial charge on any atom is 0.140 e. The first-order chi connectivity index (χ1) is 9.65. The Kier molecular flexibility index (Phi) is 3.49. The van der Waals surface area contributed by atoms with E-state index in [4.69, 9.17) is 15.0 Å². The first-order valence-electron chi connectivity index (χ1n) is 7.08. The molecule has 0 bridgehead atoms. The van der Waals surface area contributed by atoms with Gasteiger partial charge in [0.05, 0.1) is 11.3 Å². The van der Waals surface area contributed by atoms with E-state index in [-0.39, 0.29) is 6.04 Å². The molecule has 1 unspecified atom stereocenters. The van der Waals surface area contributed by atoms with Crippen molar-refractivity contribution in [2.24, 2.45) is 5.73 Å². The Hall–Kier alpha value is -1.81. The number of benzene rings is 1. The summed E-state index contributed by atoms with van der Waals surface area (Å²) >= 11 is 0. The minimum Gasteiger partial charge on any atom is -0.489 e. The maximum absolute atomic E-state index is 6.17. The highest BCUT2D eigenvalue weighted by atomic mass is 16.5. The lowest BCUT2D eigenvalue weighted by atomic mass is 9.88. The Morgan fingerprint density at radius 1 is 1.40 bits per heavy atom. The summed E-state index contributed by atoms with van der Waals surface area (Å²) in [6.45, 7) is 4.31. The molecule has 106 valence electrons. The van der Waals surface area contributed by atoms with Crippen molar-refractivity contribution in [3.63, 3.8) is 0 Å². The second-order valence-corrected chi connectivity index (χ2v) is 5.45. The average molecular weight is 272 g/mol. The summed E-state index contributed by atoms with van der Waals surface area (Å²) in [6, 6.07) is 6.38. The standard InChI is InChI=1S/C16H20N2O2/c1-10-15(11(2)20-18-10)9-19-13-7-6-12-4-3-5-16(17)14(12)8-13/h6-8,16H,3-5,9,17H2,1-2H3. The maximum atomic E-state index is 6.17. The molecule has 1 atom stereocenters. The number of nitrogens with zero attached hydrogens (tertiary/aromatic N) is 1. The number of aromatic nitrogens is 1. The molecular weight excluding hydrogens is 252 g/mol. The third-order valence-corrected chi connectivity index (χ3v) is 4.04. The van der Waals surface area contributed by atoms with Crippen molar-refractivity contribution in [1.29, 1.82) is 0 Å². The zero-order valence-electron chi connectivity index (χ0n) is 12.0. The molecule has 0 aliphatic heterocycles. The van der Waals surface area contributed by atoms with Crippen molar-refractivity contribution in [3.05, 3.63) is 46.3 Å². The molecule has 2 N–H and O–H groups in total. The Bertz CT molecular complexity index is 599. The van der Waals surface area contributed by atoms with Gasteiger partial charge in [0.15, 0.2) is 0 Å². The van der Waals surface area contributed by atoms with Crippen molar-refractivity contribution in [3.8, 4) is 5.75 Å². The number of rotatable bonds is 3. The van der Waals surface area contributed by atoms with E-state index in [0.29, 0.717) is 6.61 Å². The van der Waals surface area contributed by atoms with E-state index in [1.165, 1.54) is 17.5 Å². The van der Waals surface area contributed by atoms with Crippen LogP contribution >= 0.6 is 0 Å². The summed E-state index contributed by atoms with van der Waals surface area (Å²) in [7, 11) is 0. The van der Waals surface area contributed by atoms with Gasteiger partial charge in [0, 0.05) is 6.04 Å².